The van der Waals surface area contributed by atoms with Gasteiger partial charge in [0.25, 0.3) is 0 Å². The van der Waals surface area contributed by atoms with Gasteiger partial charge in [-0.2, -0.15) is 0 Å². The Hall–Kier alpha value is -3.83. The van der Waals surface area contributed by atoms with Gasteiger partial charge in [0.05, 0.1) is 0 Å². The number of anilines is 1. The number of carbonyl (C=O) groups is 1. The van der Waals surface area contributed by atoms with Gasteiger partial charge in [-0.1, -0.05) is 18.7 Å². The Bertz CT molecular complexity index is 1220. The summed E-state index contributed by atoms with van der Waals surface area (Å²) in [5.74, 6) is 1.07. The molecule has 2 aromatic rings. The standard InChI is InChI=1S/C26H38N10O/c1-18-33-24-21(14-23(34-24)20-4-2-12-35(16-20)13-11-32-26(29)37)17-36(18)22-7-5-19(6-8-22)15-30-9-3-10-31-25(27)28/h5-8,14,17,20,30H,1-4,9-13,15-16H2,(H,33,34)(H4,27,28,31)(H3,29,32,37). The number of aromatic nitrogens is 1. The second kappa shape index (κ2) is 12.4. The van der Waals surface area contributed by atoms with Crippen molar-refractivity contribution in [2.24, 2.45) is 16.5 Å². The van der Waals surface area contributed by atoms with Crippen LogP contribution in [0.2, 0.25) is 0 Å². The number of aromatic amines is 1. The van der Waals surface area contributed by atoms with Crippen LogP contribution in [-0.2, 0) is 6.54 Å². The maximum atomic E-state index is 11.0. The summed E-state index contributed by atoms with van der Waals surface area (Å²) >= 11 is 0. The maximum absolute atomic E-state index is 11.0. The molecule has 1 fully saturated rings. The van der Waals surface area contributed by atoms with E-state index in [1.807, 2.05) is 4.90 Å². The molecule has 0 spiro atoms. The lowest BCUT2D eigenvalue weighted by molar-refractivity contribution is 0.205. The number of guanidine groups is 1. The fraction of sp³-hybridized carbons (Fsp3) is 0.423. The molecule has 1 aromatic carbocycles. The molecule has 0 bridgehead atoms. The third kappa shape index (κ3) is 7.34. The summed E-state index contributed by atoms with van der Waals surface area (Å²) < 4.78 is 0. The van der Waals surface area contributed by atoms with E-state index in [9.17, 15) is 4.79 Å². The molecule has 4 rings (SSSR count). The number of hydrogen-bond acceptors (Lipinski definition) is 6. The van der Waals surface area contributed by atoms with Crippen molar-refractivity contribution in [2.75, 3.05) is 44.2 Å². The van der Waals surface area contributed by atoms with Gasteiger partial charge in [-0.05, 0) is 56.1 Å². The minimum Gasteiger partial charge on any atom is -0.370 e. The second-order valence-corrected chi connectivity index (χ2v) is 9.52. The third-order valence-corrected chi connectivity index (χ3v) is 6.70. The fourth-order valence-corrected chi connectivity index (χ4v) is 4.81. The zero-order valence-electron chi connectivity index (χ0n) is 21.2. The normalized spacial score (nSPS) is 17.5. The molecule has 37 heavy (non-hydrogen) atoms. The summed E-state index contributed by atoms with van der Waals surface area (Å²) in [4.78, 5) is 23.6. The number of urea groups is 1. The van der Waals surface area contributed by atoms with E-state index in [2.05, 4.69) is 68.9 Å². The summed E-state index contributed by atoms with van der Waals surface area (Å²) in [5.41, 5.74) is 14.7. The molecule has 2 aliphatic rings. The first-order valence-electron chi connectivity index (χ1n) is 12.8. The van der Waals surface area contributed by atoms with Crippen molar-refractivity contribution in [2.45, 2.75) is 31.7 Å². The van der Waals surface area contributed by atoms with Crippen LogP contribution < -0.4 is 43.0 Å². The lowest BCUT2D eigenvalue weighted by Gasteiger charge is -2.32. The van der Waals surface area contributed by atoms with E-state index in [-0.39, 0.29) is 5.96 Å². The number of amides is 2. The average Bonchev–Trinajstić information content (AvgIpc) is 3.29. The van der Waals surface area contributed by atoms with Crippen LogP contribution >= 0.6 is 0 Å². The van der Waals surface area contributed by atoms with Crippen molar-refractivity contribution in [1.29, 1.82) is 5.41 Å². The SMILES string of the molecule is C=C1N=c2[nH]c(C3CCCN(CCNC(N)=O)C3)cc2=CN1c1ccc(CNCCCNC(=N)N)cc1. The Morgan fingerprint density at radius 3 is 2.76 bits per heavy atom. The maximum Gasteiger partial charge on any atom is 0.312 e. The van der Waals surface area contributed by atoms with Crippen LogP contribution in [0.4, 0.5) is 10.5 Å². The van der Waals surface area contributed by atoms with Gasteiger partial charge in [0.2, 0.25) is 0 Å². The average molecular weight is 507 g/mol. The Kier molecular flexibility index (Phi) is 8.81. The molecule has 1 saturated heterocycles. The summed E-state index contributed by atoms with van der Waals surface area (Å²) in [6.45, 7) is 9.81. The Balaban J connectivity index is 1.35. The molecular formula is C26H38N10O. The minimum atomic E-state index is -0.478. The zero-order chi connectivity index (χ0) is 26.2. The van der Waals surface area contributed by atoms with Crippen LogP contribution in [0.1, 0.15) is 36.4 Å². The molecule has 1 unspecified atom stereocenters. The van der Waals surface area contributed by atoms with Crippen molar-refractivity contribution >= 4 is 23.9 Å². The highest BCUT2D eigenvalue weighted by Gasteiger charge is 2.23. The number of nitrogens with one attached hydrogen (secondary N) is 5. The highest BCUT2D eigenvalue weighted by atomic mass is 16.2. The van der Waals surface area contributed by atoms with Crippen molar-refractivity contribution < 1.29 is 4.79 Å². The first-order chi connectivity index (χ1) is 17.9. The number of nitrogens with zero attached hydrogens (tertiary/aromatic N) is 3. The van der Waals surface area contributed by atoms with Crippen LogP contribution in [-0.4, -0.2) is 61.1 Å². The summed E-state index contributed by atoms with van der Waals surface area (Å²) in [6.07, 6.45) is 5.22. The number of H-pyrrole nitrogens is 1. The van der Waals surface area contributed by atoms with Gasteiger partial charge in [-0.3, -0.25) is 5.41 Å². The summed E-state index contributed by atoms with van der Waals surface area (Å²) in [6, 6.07) is 10.1. The number of benzene rings is 1. The van der Waals surface area contributed by atoms with Gasteiger partial charge in [-0.25, -0.2) is 9.79 Å². The molecule has 0 radical (unpaired) electrons. The molecular weight excluding hydrogens is 468 g/mol. The molecule has 0 aliphatic carbocycles. The van der Waals surface area contributed by atoms with Crippen LogP contribution in [0, 0.1) is 5.41 Å². The lowest BCUT2D eigenvalue weighted by atomic mass is 9.95. The van der Waals surface area contributed by atoms with E-state index in [4.69, 9.17) is 21.9 Å². The molecule has 2 amide bonds. The largest absolute Gasteiger partial charge is 0.370 e. The molecule has 0 saturated carbocycles. The molecule has 1 atom stereocenters. The first kappa shape index (κ1) is 26.2. The van der Waals surface area contributed by atoms with Crippen molar-refractivity contribution in [3.63, 3.8) is 0 Å². The summed E-state index contributed by atoms with van der Waals surface area (Å²) in [5, 5.41) is 17.1. The van der Waals surface area contributed by atoms with Crippen molar-refractivity contribution in [3.05, 3.63) is 64.7 Å². The number of nitrogens with two attached hydrogens (primary N) is 2. The number of rotatable bonds is 11. The van der Waals surface area contributed by atoms with Gasteiger partial charge in [0, 0.05) is 61.4 Å². The second-order valence-electron chi connectivity index (χ2n) is 9.52. The van der Waals surface area contributed by atoms with E-state index < -0.39 is 6.03 Å². The first-order valence-corrected chi connectivity index (χ1v) is 12.8. The molecule has 1 aromatic heterocycles. The molecule has 11 nitrogen and oxygen atoms in total. The predicted molar refractivity (Wildman–Crippen MR) is 146 cm³/mol. The highest BCUT2D eigenvalue weighted by molar-refractivity contribution is 5.74. The minimum absolute atomic E-state index is 0.00790. The molecule has 3 heterocycles. The topological polar surface area (TPSA) is 164 Å². The van der Waals surface area contributed by atoms with Crippen LogP contribution in [0.5, 0.6) is 0 Å². The van der Waals surface area contributed by atoms with Crippen LogP contribution in [0.25, 0.3) is 6.20 Å². The quantitative estimate of drug-likeness (QED) is 0.130. The Morgan fingerprint density at radius 2 is 2.00 bits per heavy atom. The number of hydrogen-bond donors (Lipinski definition) is 7. The number of primary amides is 1. The Morgan fingerprint density at radius 1 is 1.19 bits per heavy atom. The van der Waals surface area contributed by atoms with Gasteiger partial charge >= 0.3 is 6.03 Å². The monoisotopic (exact) mass is 506 g/mol. The number of carbonyl (C=O) groups excluding carboxylic acids is 1. The Labute approximate surface area is 217 Å². The van der Waals surface area contributed by atoms with Gasteiger partial charge < -0.3 is 42.2 Å². The molecule has 2 aliphatic heterocycles. The third-order valence-electron chi connectivity index (χ3n) is 6.70. The van der Waals surface area contributed by atoms with Gasteiger partial charge in [0.15, 0.2) is 5.96 Å². The summed E-state index contributed by atoms with van der Waals surface area (Å²) in [7, 11) is 0. The van der Waals surface area contributed by atoms with E-state index in [0.717, 1.165) is 68.4 Å². The molecule has 11 heteroatoms. The van der Waals surface area contributed by atoms with E-state index >= 15 is 0 Å². The van der Waals surface area contributed by atoms with E-state index in [1.54, 1.807) is 0 Å². The number of piperidine rings is 1. The smallest absolute Gasteiger partial charge is 0.312 e. The predicted octanol–water partition coefficient (Wildman–Crippen LogP) is 0.174. The van der Waals surface area contributed by atoms with E-state index in [0.29, 0.717) is 24.8 Å². The highest BCUT2D eigenvalue weighted by Crippen LogP contribution is 2.25. The lowest BCUT2D eigenvalue weighted by Crippen LogP contribution is -2.41. The van der Waals surface area contributed by atoms with Crippen LogP contribution in [0.15, 0.2) is 47.7 Å². The molecule has 198 valence electrons. The zero-order valence-corrected chi connectivity index (χ0v) is 21.2. The molecule has 9 N–H and O–H groups in total. The van der Waals surface area contributed by atoms with Gasteiger partial charge in [0.1, 0.15) is 11.3 Å². The number of fused-ring (bicyclic) bond motifs is 1. The van der Waals surface area contributed by atoms with Crippen molar-refractivity contribution in [1.82, 2.24) is 25.8 Å². The van der Waals surface area contributed by atoms with Crippen molar-refractivity contribution in [3.8, 4) is 0 Å². The number of likely N-dealkylation sites (tertiary alicyclic amines) is 1. The van der Waals surface area contributed by atoms with E-state index in [1.165, 1.54) is 11.3 Å². The van der Waals surface area contributed by atoms with Gasteiger partial charge in [-0.15, -0.1) is 0 Å². The fourth-order valence-electron chi connectivity index (χ4n) is 4.81. The van der Waals surface area contributed by atoms with Crippen LogP contribution in [0.3, 0.4) is 0 Å².